The van der Waals surface area contributed by atoms with Crippen LogP contribution < -0.4 is 10.7 Å². The molecule has 0 atom stereocenters. The molecule has 2 heterocycles. The van der Waals surface area contributed by atoms with Crippen LogP contribution in [-0.2, 0) is 4.74 Å². The van der Waals surface area contributed by atoms with E-state index in [1.807, 2.05) is 41.0 Å². The van der Waals surface area contributed by atoms with Gasteiger partial charge in [0, 0.05) is 25.1 Å². The third-order valence-corrected chi connectivity index (χ3v) is 7.32. The van der Waals surface area contributed by atoms with Gasteiger partial charge >= 0.3 is 5.69 Å². The van der Waals surface area contributed by atoms with Gasteiger partial charge < -0.3 is 14.6 Å². The smallest absolute Gasteiger partial charge is 0.311 e. The highest BCUT2D eigenvalue weighted by molar-refractivity contribution is 5.84. The minimum atomic E-state index is -0.465. The number of rotatable bonds is 6. The molecule has 2 aromatic carbocycles. The summed E-state index contributed by atoms with van der Waals surface area (Å²) >= 11 is 0. The molecule has 202 valence electrons. The number of nitrogens with zero attached hydrogens (tertiary/aromatic N) is 5. The van der Waals surface area contributed by atoms with E-state index >= 15 is 0 Å². The molecule has 0 spiro atoms. The van der Waals surface area contributed by atoms with Crippen LogP contribution in [0.4, 0.5) is 21.6 Å². The molecule has 10 heteroatoms. The van der Waals surface area contributed by atoms with Crippen LogP contribution in [0.5, 0.6) is 0 Å². The Kier molecular flexibility index (Phi) is 6.91. The number of ether oxygens (including phenoxy) is 1. The number of anilines is 2. The lowest BCUT2D eigenvalue weighted by Gasteiger charge is -2.25. The number of aromatic nitrogens is 3. The number of nitrogens with one attached hydrogen (secondary N) is 1. The molecule has 0 bridgehead atoms. The first-order valence-corrected chi connectivity index (χ1v) is 13.1. The molecule has 1 aromatic heterocycles. The molecular weight excluding hydrogens is 511 g/mol. The lowest BCUT2D eigenvalue weighted by molar-refractivity contribution is -0.384. The van der Waals surface area contributed by atoms with Crippen LogP contribution in [-0.4, -0.2) is 38.7 Å². The lowest BCUT2D eigenvalue weighted by atomic mass is 9.93. The predicted molar refractivity (Wildman–Crippen MR) is 150 cm³/mol. The SMILES string of the molecule is COC1CCC(/N=c2\cc3n(-c4ccc(F)cc4)c4ccccc4nc-3cc2Nc2ncccc2[N+](=O)[O-])CC1. The van der Waals surface area contributed by atoms with Crippen molar-refractivity contribution in [3.05, 3.63) is 100 Å². The molecule has 0 unspecified atom stereocenters. The summed E-state index contributed by atoms with van der Waals surface area (Å²) in [6.45, 7) is 0. The van der Waals surface area contributed by atoms with Crippen molar-refractivity contribution >= 4 is 28.2 Å². The molecule has 40 heavy (non-hydrogen) atoms. The van der Waals surface area contributed by atoms with Gasteiger partial charge in [0.15, 0.2) is 0 Å². The van der Waals surface area contributed by atoms with E-state index in [2.05, 4.69) is 10.3 Å². The largest absolute Gasteiger partial charge is 0.381 e. The lowest BCUT2D eigenvalue weighted by Crippen LogP contribution is -2.25. The van der Waals surface area contributed by atoms with Crippen LogP contribution in [0.2, 0.25) is 0 Å². The van der Waals surface area contributed by atoms with Crippen LogP contribution in [0.3, 0.4) is 0 Å². The van der Waals surface area contributed by atoms with E-state index in [0.29, 0.717) is 16.7 Å². The molecular formula is C30H27FN6O3. The van der Waals surface area contributed by atoms with Crippen LogP contribution >= 0.6 is 0 Å². The van der Waals surface area contributed by atoms with Crippen molar-refractivity contribution in [1.82, 2.24) is 14.5 Å². The average molecular weight is 539 g/mol. The number of pyridine rings is 1. The number of fused-ring (bicyclic) bond motifs is 2. The highest BCUT2D eigenvalue weighted by Crippen LogP contribution is 2.32. The Bertz CT molecular complexity index is 1730. The van der Waals surface area contributed by atoms with E-state index in [4.69, 9.17) is 14.7 Å². The van der Waals surface area contributed by atoms with Gasteiger partial charge in [-0.05, 0) is 80.3 Å². The van der Waals surface area contributed by atoms with Gasteiger partial charge in [0.25, 0.3) is 0 Å². The van der Waals surface area contributed by atoms with Crippen LogP contribution in [0.15, 0.2) is 84.0 Å². The zero-order chi connectivity index (χ0) is 27.6. The molecule has 0 radical (unpaired) electrons. The third kappa shape index (κ3) is 5.01. The topological polar surface area (TPSA) is 107 Å². The first-order chi connectivity index (χ1) is 19.5. The highest BCUT2D eigenvalue weighted by Gasteiger charge is 2.23. The molecule has 2 aliphatic carbocycles. The Morgan fingerprint density at radius 2 is 1.82 bits per heavy atom. The van der Waals surface area contributed by atoms with E-state index < -0.39 is 4.92 Å². The fourth-order valence-electron chi connectivity index (χ4n) is 5.29. The summed E-state index contributed by atoms with van der Waals surface area (Å²) in [5.41, 5.74) is 4.23. The quantitative estimate of drug-likeness (QED) is 0.157. The highest BCUT2D eigenvalue weighted by atomic mass is 19.1. The van der Waals surface area contributed by atoms with E-state index in [0.717, 1.165) is 48.1 Å². The van der Waals surface area contributed by atoms with Gasteiger partial charge in [-0.3, -0.25) is 15.1 Å². The number of halogens is 1. The summed E-state index contributed by atoms with van der Waals surface area (Å²) in [4.78, 5) is 25.5. The second-order valence-electron chi connectivity index (χ2n) is 9.82. The standard InChI is InChI=1S/C30H27FN6O3/c1-40-22-14-10-20(11-15-22)33-25-18-29-26(17-24(25)35-30-28(37(38)39)7-4-16-32-30)34-23-5-2-3-6-27(23)36(29)21-12-8-19(31)9-13-21/h2-9,12-13,16-18,20,22H,10-11,14-15H2,1H3,(H,32,35)/b33-25+. The maximum Gasteiger partial charge on any atom is 0.311 e. The minimum absolute atomic E-state index is 0.0656. The van der Waals surface area contributed by atoms with Gasteiger partial charge in [0.2, 0.25) is 5.82 Å². The van der Waals surface area contributed by atoms with Crippen LogP contribution in [0.25, 0.3) is 28.1 Å². The summed E-state index contributed by atoms with van der Waals surface area (Å²) in [5.74, 6) is -0.198. The Morgan fingerprint density at radius 1 is 1.05 bits per heavy atom. The number of methoxy groups -OCH3 is 1. The van der Waals surface area contributed by atoms with E-state index in [1.54, 1.807) is 19.2 Å². The zero-order valence-corrected chi connectivity index (χ0v) is 21.8. The first kappa shape index (κ1) is 25.6. The molecule has 3 aromatic rings. The van der Waals surface area contributed by atoms with Crippen molar-refractivity contribution in [3.8, 4) is 17.1 Å². The van der Waals surface area contributed by atoms with Crippen molar-refractivity contribution in [3.63, 3.8) is 0 Å². The zero-order valence-electron chi connectivity index (χ0n) is 21.8. The van der Waals surface area contributed by atoms with Crippen molar-refractivity contribution in [2.45, 2.75) is 37.8 Å². The molecule has 9 nitrogen and oxygen atoms in total. The summed E-state index contributed by atoms with van der Waals surface area (Å²) in [5, 5.41) is 15.5. The summed E-state index contributed by atoms with van der Waals surface area (Å²) < 4.78 is 21.4. The molecule has 1 saturated carbocycles. The fraction of sp³-hybridized carbons (Fsp3) is 0.233. The summed E-state index contributed by atoms with van der Waals surface area (Å²) in [6, 6.07) is 20.8. The van der Waals surface area contributed by atoms with Gasteiger partial charge in [-0.1, -0.05) is 12.1 Å². The minimum Gasteiger partial charge on any atom is -0.381 e. The van der Waals surface area contributed by atoms with E-state index in [1.165, 1.54) is 30.5 Å². The monoisotopic (exact) mass is 538 g/mol. The molecule has 1 fully saturated rings. The molecule has 1 N–H and O–H groups in total. The molecule has 1 aliphatic heterocycles. The predicted octanol–water partition coefficient (Wildman–Crippen LogP) is 6.17. The van der Waals surface area contributed by atoms with Crippen LogP contribution in [0.1, 0.15) is 25.7 Å². The van der Waals surface area contributed by atoms with Crippen molar-refractivity contribution in [2.24, 2.45) is 4.99 Å². The maximum atomic E-state index is 13.8. The molecule has 0 saturated heterocycles. The Labute approximate surface area is 229 Å². The van der Waals surface area contributed by atoms with E-state index in [9.17, 15) is 14.5 Å². The third-order valence-electron chi connectivity index (χ3n) is 7.32. The van der Waals surface area contributed by atoms with Crippen LogP contribution in [0, 0.1) is 15.9 Å². The Balaban J connectivity index is 1.59. The van der Waals surface area contributed by atoms with Gasteiger partial charge in [0.05, 0.1) is 50.5 Å². The summed E-state index contributed by atoms with van der Waals surface area (Å²) in [6.07, 6.45) is 5.30. The summed E-state index contributed by atoms with van der Waals surface area (Å²) in [7, 11) is 1.73. The number of nitro groups is 1. The molecule has 0 amide bonds. The molecule has 6 rings (SSSR count). The van der Waals surface area contributed by atoms with Crippen molar-refractivity contribution in [1.29, 1.82) is 0 Å². The average Bonchev–Trinajstić information content (AvgIpc) is 2.97. The van der Waals surface area contributed by atoms with Gasteiger partial charge in [-0.15, -0.1) is 0 Å². The van der Waals surface area contributed by atoms with Crippen molar-refractivity contribution < 1.29 is 14.1 Å². The van der Waals surface area contributed by atoms with Gasteiger partial charge in [-0.25, -0.2) is 14.4 Å². The first-order valence-electron chi connectivity index (χ1n) is 13.1. The number of hydrogen-bond donors (Lipinski definition) is 1. The van der Waals surface area contributed by atoms with E-state index in [-0.39, 0.29) is 29.5 Å². The van der Waals surface area contributed by atoms with Gasteiger partial charge in [-0.2, -0.15) is 0 Å². The second-order valence-corrected chi connectivity index (χ2v) is 9.82. The van der Waals surface area contributed by atoms with Gasteiger partial charge in [0.1, 0.15) is 5.82 Å². The number of benzene rings is 3. The Morgan fingerprint density at radius 3 is 2.58 bits per heavy atom. The van der Waals surface area contributed by atoms with Crippen molar-refractivity contribution in [2.75, 3.05) is 12.4 Å². The normalized spacial score (nSPS) is 17.8. The number of hydrogen-bond acceptors (Lipinski definition) is 7. The molecule has 3 aliphatic rings. The fourth-order valence-corrected chi connectivity index (χ4v) is 5.29. The number of para-hydroxylation sites is 2. The Hall–Kier alpha value is -4.70. The second kappa shape index (κ2) is 10.8. The maximum absolute atomic E-state index is 13.8.